The molecule has 1 N–H and O–H groups in total. The van der Waals surface area contributed by atoms with E-state index >= 15 is 0 Å². The minimum Gasteiger partial charge on any atom is -0.488 e. The molecule has 3 aliphatic heterocycles. The highest BCUT2D eigenvalue weighted by molar-refractivity contribution is 6.37. The number of rotatable bonds is 5. The molecule has 0 unspecified atom stereocenters. The van der Waals surface area contributed by atoms with E-state index in [2.05, 4.69) is 42.3 Å². The fourth-order valence-electron chi connectivity index (χ4n) is 5.92. The summed E-state index contributed by atoms with van der Waals surface area (Å²) in [5.41, 5.74) is 4.21. The van der Waals surface area contributed by atoms with Crippen molar-refractivity contribution >= 4 is 29.3 Å². The van der Waals surface area contributed by atoms with Crippen molar-refractivity contribution in [1.29, 1.82) is 0 Å². The van der Waals surface area contributed by atoms with E-state index in [1.54, 1.807) is 0 Å². The predicted octanol–water partition coefficient (Wildman–Crippen LogP) is 6.89. The number of carbonyl (C=O) groups is 1. The smallest absolute Gasteiger partial charge is 0.407 e. The summed E-state index contributed by atoms with van der Waals surface area (Å²) in [4.78, 5) is 15.3. The third-order valence-electron chi connectivity index (χ3n) is 7.68. The van der Waals surface area contributed by atoms with Gasteiger partial charge in [0.15, 0.2) is 5.75 Å². The SMILES string of the molecule is CC(C)Oc1c(Cl)cc(-c2ccc3c(c2)CC(C)(C)[C@H]3NC(=O)O[C@H]2CN3CCC2CC3)cc1Cl. The van der Waals surface area contributed by atoms with E-state index in [0.717, 1.165) is 55.6 Å². The lowest BCUT2D eigenvalue weighted by Crippen LogP contribution is -2.53. The van der Waals surface area contributed by atoms with Crippen LogP contribution >= 0.6 is 23.2 Å². The second-order valence-corrected chi connectivity index (χ2v) is 12.0. The van der Waals surface area contributed by atoms with Crippen LogP contribution in [0.1, 0.15) is 57.7 Å². The molecule has 2 bridgehead atoms. The molecule has 0 aromatic heterocycles. The number of amides is 1. The summed E-state index contributed by atoms with van der Waals surface area (Å²) in [6.07, 6.45) is 2.78. The van der Waals surface area contributed by atoms with Crippen LogP contribution < -0.4 is 10.1 Å². The Kier molecular flexibility index (Phi) is 6.71. The van der Waals surface area contributed by atoms with Crippen LogP contribution in [0.4, 0.5) is 4.79 Å². The Bertz CT molecular complexity index is 1100. The molecule has 7 heteroatoms. The van der Waals surface area contributed by atoms with Crippen molar-refractivity contribution in [1.82, 2.24) is 10.2 Å². The first-order valence-corrected chi connectivity index (χ1v) is 13.3. The van der Waals surface area contributed by atoms with E-state index in [1.807, 2.05) is 26.0 Å². The molecule has 188 valence electrons. The molecule has 3 fully saturated rings. The summed E-state index contributed by atoms with van der Waals surface area (Å²) in [6, 6.07) is 10.1. The number of piperidine rings is 3. The maximum absolute atomic E-state index is 12.9. The summed E-state index contributed by atoms with van der Waals surface area (Å²) >= 11 is 13.0. The zero-order chi connectivity index (χ0) is 24.9. The van der Waals surface area contributed by atoms with Gasteiger partial charge in [0.1, 0.15) is 6.10 Å². The van der Waals surface area contributed by atoms with Crippen LogP contribution in [0.5, 0.6) is 5.75 Å². The van der Waals surface area contributed by atoms with Crippen molar-refractivity contribution < 1.29 is 14.3 Å². The second-order valence-electron chi connectivity index (χ2n) is 11.2. The molecule has 3 saturated heterocycles. The molecule has 2 aromatic rings. The Morgan fingerprint density at radius 1 is 1.09 bits per heavy atom. The highest BCUT2D eigenvalue weighted by atomic mass is 35.5. The molecule has 6 rings (SSSR count). The topological polar surface area (TPSA) is 50.8 Å². The first-order valence-electron chi connectivity index (χ1n) is 12.6. The number of benzene rings is 2. The number of nitrogens with one attached hydrogen (secondary N) is 1. The molecule has 0 spiro atoms. The third kappa shape index (κ3) is 5.00. The molecule has 35 heavy (non-hydrogen) atoms. The lowest BCUT2D eigenvalue weighted by atomic mass is 9.85. The number of halogens is 2. The van der Waals surface area contributed by atoms with Crippen LogP contribution in [-0.2, 0) is 11.2 Å². The highest BCUT2D eigenvalue weighted by Crippen LogP contribution is 2.47. The Morgan fingerprint density at radius 2 is 1.77 bits per heavy atom. The molecule has 0 radical (unpaired) electrons. The standard InChI is InChI=1S/C28H34Cl2N2O3/c1-16(2)34-25-22(29)12-19(13-23(25)30)18-5-6-21-20(11-18)14-28(3,4)26(21)31-27(33)35-24-15-32-9-7-17(24)8-10-32/h5-6,11-13,16-17,24,26H,7-10,14-15H2,1-4H3,(H,31,33)/t24-,26-/m0/s1. The fraction of sp³-hybridized carbons (Fsp3) is 0.536. The molecule has 0 saturated carbocycles. The molecular formula is C28H34Cl2N2O3. The van der Waals surface area contributed by atoms with Gasteiger partial charge in [-0.15, -0.1) is 0 Å². The van der Waals surface area contributed by atoms with E-state index in [4.69, 9.17) is 32.7 Å². The van der Waals surface area contributed by atoms with Gasteiger partial charge in [-0.2, -0.15) is 0 Å². The van der Waals surface area contributed by atoms with Crippen molar-refractivity contribution in [2.45, 2.75) is 65.2 Å². The van der Waals surface area contributed by atoms with Crippen LogP contribution in [0.15, 0.2) is 30.3 Å². The molecule has 1 aliphatic carbocycles. The van der Waals surface area contributed by atoms with Crippen molar-refractivity contribution in [2.24, 2.45) is 11.3 Å². The van der Waals surface area contributed by atoms with Gasteiger partial charge in [0.25, 0.3) is 0 Å². The van der Waals surface area contributed by atoms with E-state index in [1.165, 1.54) is 5.56 Å². The molecule has 4 aliphatic rings. The molecule has 2 atom stereocenters. The summed E-state index contributed by atoms with van der Waals surface area (Å²) < 4.78 is 11.7. The van der Waals surface area contributed by atoms with Gasteiger partial charge in [-0.25, -0.2) is 4.79 Å². The number of nitrogens with zero attached hydrogens (tertiary/aromatic N) is 1. The van der Waals surface area contributed by atoms with Gasteiger partial charge in [0.2, 0.25) is 0 Å². The van der Waals surface area contributed by atoms with Crippen LogP contribution in [0, 0.1) is 11.3 Å². The molecular weight excluding hydrogens is 483 g/mol. The van der Waals surface area contributed by atoms with Gasteiger partial charge < -0.3 is 14.8 Å². The molecule has 1 amide bonds. The number of hydrogen-bond donors (Lipinski definition) is 1. The van der Waals surface area contributed by atoms with Gasteiger partial charge >= 0.3 is 6.09 Å². The van der Waals surface area contributed by atoms with Crippen LogP contribution in [0.3, 0.4) is 0 Å². The van der Waals surface area contributed by atoms with Gasteiger partial charge in [-0.3, -0.25) is 4.90 Å². The first-order chi connectivity index (χ1) is 16.6. The Hall–Kier alpha value is -1.95. The fourth-order valence-corrected chi connectivity index (χ4v) is 6.49. The number of ether oxygens (including phenoxy) is 2. The van der Waals surface area contributed by atoms with Crippen LogP contribution in [-0.4, -0.2) is 42.8 Å². The van der Waals surface area contributed by atoms with Gasteiger partial charge in [-0.05, 0) is 91.9 Å². The van der Waals surface area contributed by atoms with E-state index in [0.29, 0.717) is 21.7 Å². The van der Waals surface area contributed by atoms with Crippen LogP contribution in [0.25, 0.3) is 11.1 Å². The zero-order valence-electron chi connectivity index (χ0n) is 20.9. The van der Waals surface area contributed by atoms with Gasteiger partial charge in [0.05, 0.1) is 22.2 Å². The minimum atomic E-state index is -0.307. The third-order valence-corrected chi connectivity index (χ3v) is 8.24. The molecule has 2 aromatic carbocycles. The highest BCUT2D eigenvalue weighted by Gasteiger charge is 2.42. The number of carbonyl (C=O) groups excluding carboxylic acids is 1. The number of hydrogen-bond acceptors (Lipinski definition) is 4. The average molecular weight is 517 g/mol. The predicted molar refractivity (Wildman–Crippen MR) is 140 cm³/mol. The maximum atomic E-state index is 12.9. The van der Waals surface area contributed by atoms with Crippen molar-refractivity contribution in [2.75, 3.05) is 19.6 Å². The Morgan fingerprint density at radius 3 is 2.37 bits per heavy atom. The largest absolute Gasteiger partial charge is 0.488 e. The lowest BCUT2D eigenvalue weighted by Gasteiger charge is -2.44. The summed E-state index contributed by atoms with van der Waals surface area (Å²) in [5.74, 6) is 1.01. The normalized spacial score (nSPS) is 26.5. The Balaban J connectivity index is 1.34. The van der Waals surface area contributed by atoms with Gasteiger partial charge in [0, 0.05) is 6.54 Å². The van der Waals surface area contributed by atoms with Crippen molar-refractivity contribution in [3.05, 3.63) is 51.5 Å². The number of fused-ring (bicyclic) bond motifs is 4. The summed E-state index contributed by atoms with van der Waals surface area (Å²) in [5, 5.41) is 4.19. The lowest BCUT2D eigenvalue weighted by molar-refractivity contribution is -0.0348. The minimum absolute atomic E-state index is 0.000931. The summed E-state index contributed by atoms with van der Waals surface area (Å²) in [7, 11) is 0. The van der Waals surface area contributed by atoms with Crippen molar-refractivity contribution in [3.63, 3.8) is 0 Å². The second kappa shape index (κ2) is 9.49. The Labute approximate surface area is 218 Å². The monoisotopic (exact) mass is 516 g/mol. The first kappa shape index (κ1) is 24.7. The number of alkyl carbamates (subject to hydrolysis) is 1. The summed E-state index contributed by atoms with van der Waals surface area (Å²) in [6.45, 7) is 11.4. The zero-order valence-corrected chi connectivity index (χ0v) is 22.4. The van der Waals surface area contributed by atoms with E-state index in [-0.39, 0.29) is 29.8 Å². The van der Waals surface area contributed by atoms with E-state index in [9.17, 15) is 4.79 Å². The molecule has 3 heterocycles. The van der Waals surface area contributed by atoms with Crippen molar-refractivity contribution in [3.8, 4) is 16.9 Å². The molecule has 5 nitrogen and oxygen atoms in total. The van der Waals surface area contributed by atoms with Gasteiger partial charge in [-0.1, -0.05) is 55.2 Å². The van der Waals surface area contributed by atoms with Crippen LogP contribution in [0.2, 0.25) is 10.0 Å². The quantitative estimate of drug-likeness (QED) is 0.469. The average Bonchev–Trinajstić information content (AvgIpc) is 3.05. The maximum Gasteiger partial charge on any atom is 0.407 e. The van der Waals surface area contributed by atoms with E-state index < -0.39 is 0 Å².